The van der Waals surface area contributed by atoms with Crippen molar-refractivity contribution < 1.29 is 17.9 Å². The maximum atomic E-state index is 12.8. The summed E-state index contributed by atoms with van der Waals surface area (Å²) in [7, 11) is -2.58. The number of sulfonamides is 1. The summed E-state index contributed by atoms with van der Waals surface area (Å²) in [6.07, 6.45) is 4.67. The summed E-state index contributed by atoms with van der Waals surface area (Å²) in [6, 6.07) is 11.5. The van der Waals surface area contributed by atoms with Gasteiger partial charge < -0.3 is 10.1 Å². The minimum Gasteiger partial charge on any atom is -0.494 e. The van der Waals surface area contributed by atoms with Crippen molar-refractivity contribution in [3.05, 3.63) is 46.8 Å². The van der Waals surface area contributed by atoms with Crippen molar-refractivity contribution in [2.45, 2.75) is 41.9 Å². The molecule has 0 saturated heterocycles. The van der Waals surface area contributed by atoms with E-state index in [0.29, 0.717) is 0 Å². The van der Waals surface area contributed by atoms with Crippen molar-refractivity contribution in [2.24, 2.45) is 5.14 Å². The van der Waals surface area contributed by atoms with Gasteiger partial charge in [0.25, 0.3) is 15.9 Å². The smallest absolute Gasteiger partial charge is 0.261 e. The van der Waals surface area contributed by atoms with E-state index in [2.05, 4.69) is 17.4 Å². The standard InChI is InChI=1S/C18H22N2O4S2/c1-24-14-11-15(25-17(14)26(19,22)23)16(21)20-18(9-5-6-10-18)12-13-7-3-2-4-8-13/h2-4,7-8,11H,5-6,9-10,12H2,1H3,(H,20,21)(H2,19,22,23). The maximum absolute atomic E-state index is 12.8. The Hall–Kier alpha value is -1.90. The largest absolute Gasteiger partial charge is 0.494 e. The lowest BCUT2D eigenvalue weighted by atomic mass is 9.89. The molecule has 1 saturated carbocycles. The van der Waals surface area contributed by atoms with Gasteiger partial charge in [0.1, 0.15) is 0 Å². The lowest BCUT2D eigenvalue weighted by Crippen LogP contribution is -2.47. The van der Waals surface area contributed by atoms with Gasteiger partial charge in [0.2, 0.25) is 0 Å². The van der Waals surface area contributed by atoms with Crippen LogP contribution in [0.1, 0.15) is 40.9 Å². The zero-order chi connectivity index (χ0) is 18.8. The van der Waals surface area contributed by atoms with Gasteiger partial charge in [0.15, 0.2) is 9.96 Å². The first-order chi connectivity index (χ1) is 12.3. The SMILES string of the molecule is COc1cc(C(=O)NC2(Cc3ccccc3)CCCC2)sc1S(N)(=O)=O. The summed E-state index contributed by atoms with van der Waals surface area (Å²) in [6.45, 7) is 0. The van der Waals surface area contributed by atoms with Crippen molar-refractivity contribution in [3.8, 4) is 5.75 Å². The van der Waals surface area contributed by atoms with Gasteiger partial charge in [0, 0.05) is 11.6 Å². The fourth-order valence-corrected chi connectivity index (χ4v) is 5.41. The van der Waals surface area contributed by atoms with Gasteiger partial charge >= 0.3 is 0 Å². The number of methoxy groups -OCH3 is 1. The molecule has 0 radical (unpaired) electrons. The predicted molar refractivity (Wildman–Crippen MR) is 101 cm³/mol. The molecule has 1 aliphatic rings. The van der Waals surface area contributed by atoms with Crippen molar-refractivity contribution in [3.63, 3.8) is 0 Å². The van der Waals surface area contributed by atoms with Gasteiger partial charge in [-0.1, -0.05) is 43.2 Å². The minimum atomic E-state index is -3.94. The quantitative estimate of drug-likeness (QED) is 0.787. The number of nitrogens with one attached hydrogen (secondary N) is 1. The number of carbonyl (C=O) groups excluding carboxylic acids is 1. The minimum absolute atomic E-state index is 0.103. The number of rotatable bonds is 6. The third-order valence-corrected chi connectivity index (χ3v) is 7.27. The molecule has 1 aromatic heterocycles. The number of nitrogens with two attached hydrogens (primary N) is 1. The number of hydrogen-bond donors (Lipinski definition) is 2. The monoisotopic (exact) mass is 394 g/mol. The van der Waals surface area contributed by atoms with Crippen molar-refractivity contribution in [2.75, 3.05) is 7.11 Å². The van der Waals surface area contributed by atoms with E-state index in [1.807, 2.05) is 18.2 Å². The molecule has 0 atom stereocenters. The van der Waals surface area contributed by atoms with Gasteiger partial charge in [-0.05, 0) is 24.8 Å². The Morgan fingerprint density at radius 2 is 1.92 bits per heavy atom. The van der Waals surface area contributed by atoms with Crippen molar-refractivity contribution in [1.82, 2.24) is 5.32 Å². The Kier molecular flexibility index (Phi) is 5.36. The van der Waals surface area contributed by atoms with Crippen LogP contribution in [0.25, 0.3) is 0 Å². The molecule has 6 nitrogen and oxygen atoms in total. The van der Waals surface area contributed by atoms with Crippen LogP contribution in [0.15, 0.2) is 40.6 Å². The molecular formula is C18H22N2O4S2. The van der Waals surface area contributed by atoms with E-state index in [1.54, 1.807) is 0 Å². The number of carbonyl (C=O) groups is 1. The fourth-order valence-electron chi connectivity index (χ4n) is 3.50. The van der Waals surface area contributed by atoms with E-state index >= 15 is 0 Å². The highest BCUT2D eigenvalue weighted by Gasteiger charge is 2.36. The molecule has 0 bridgehead atoms. The maximum Gasteiger partial charge on any atom is 0.261 e. The topological polar surface area (TPSA) is 98.5 Å². The number of ether oxygens (including phenoxy) is 1. The first-order valence-corrected chi connectivity index (χ1v) is 10.8. The zero-order valence-corrected chi connectivity index (χ0v) is 16.2. The van der Waals surface area contributed by atoms with Crippen LogP contribution in [-0.4, -0.2) is 27.0 Å². The Balaban J connectivity index is 1.84. The third-order valence-electron chi connectivity index (χ3n) is 4.69. The number of amides is 1. The molecule has 1 amide bonds. The van der Waals surface area contributed by atoms with E-state index in [1.165, 1.54) is 18.7 Å². The van der Waals surface area contributed by atoms with E-state index in [9.17, 15) is 13.2 Å². The first kappa shape index (κ1) is 18.9. The molecule has 8 heteroatoms. The molecule has 1 aromatic carbocycles. The highest BCUT2D eigenvalue weighted by Crippen LogP contribution is 2.36. The molecule has 3 N–H and O–H groups in total. The normalized spacial score (nSPS) is 16.4. The van der Waals surface area contributed by atoms with Gasteiger partial charge in [-0.2, -0.15) is 0 Å². The summed E-state index contributed by atoms with van der Waals surface area (Å²) in [5.41, 5.74) is 0.862. The molecule has 1 aliphatic carbocycles. The highest BCUT2D eigenvalue weighted by atomic mass is 32.2. The van der Waals surface area contributed by atoms with Crippen molar-refractivity contribution in [1.29, 1.82) is 0 Å². The molecule has 3 rings (SSSR count). The van der Waals surface area contributed by atoms with E-state index in [-0.39, 0.29) is 26.3 Å². The molecule has 0 spiro atoms. The van der Waals surface area contributed by atoms with E-state index < -0.39 is 10.0 Å². The van der Waals surface area contributed by atoms with Crippen LogP contribution in [0.2, 0.25) is 0 Å². The number of hydrogen-bond acceptors (Lipinski definition) is 5. The Morgan fingerprint density at radius 1 is 1.27 bits per heavy atom. The van der Waals surface area contributed by atoms with Crippen LogP contribution in [0.5, 0.6) is 5.75 Å². The molecule has 0 unspecified atom stereocenters. The van der Waals surface area contributed by atoms with E-state index in [0.717, 1.165) is 43.4 Å². The van der Waals surface area contributed by atoms with Crippen LogP contribution in [0.3, 0.4) is 0 Å². The number of thiophene rings is 1. The number of benzene rings is 1. The summed E-state index contributed by atoms with van der Waals surface area (Å²) in [5, 5.41) is 8.36. The molecule has 26 heavy (non-hydrogen) atoms. The lowest BCUT2D eigenvalue weighted by molar-refractivity contribution is 0.0903. The van der Waals surface area contributed by atoms with Crippen LogP contribution in [-0.2, 0) is 16.4 Å². The molecule has 0 aliphatic heterocycles. The average Bonchev–Trinajstić information content (AvgIpc) is 3.22. The van der Waals surface area contributed by atoms with Gasteiger partial charge in [-0.15, -0.1) is 11.3 Å². The highest BCUT2D eigenvalue weighted by molar-refractivity contribution is 7.91. The summed E-state index contributed by atoms with van der Waals surface area (Å²) in [5.74, 6) is -0.188. The summed E-state index contributed by atoms with van der Waals surface area (Å²) in [4.78, 5) is 13.1. The Labute approximate surface area is 157 Å². The van der Waals surface area contributed by atoms with Crippen molar-refractivity contribution >= 4 is 27.3 Å². The van der Waals surface area contributed by atoms with E-state index in [4.69, 9.17) is 9.88 Å². The van der Waals surface area contributed by atoms with Crippen LogP contribution in [0, 0.1) is 0 Å². The van der Waals surface area contributed by atoms with Crippen LogP contribution >= 0.6 is 11.3 Å². The van der Waals surface area contributed by atoms with Gasteiger partial charge in [-0.3, -0.25) is 4.79 Å². The molecule has 1 heterocycles. The van der Waals surface area contributed by atoms with Crippen LogP contribution in [0.4, 0.5) is 0 Å². The number of primary sulfonamides is 1. The average molecular weight is 395 g/mol. The molecule has 2 aromatic rings. The predicted octanol–water partition coefficient (Wildman–Crippen LogP) is 2.69. The second-order valence-electron chi connectivity index (χ2n) is 6.62. The molecule has 1 fully saturated rings. The molecule has 140 valence electrons. The third kappa shape index (κ3) is 4.08. The van der Waals surface area contributed by atoms with Gasteiger partial charge in [0.05, 0.1) is 12.0 Å². The Bertz CT molecular complexity index is 885. The second kappa shape index (κ2) is 7.38. The Morgan fingerprint density at radius 3 is 2.46 bits per heavy atom. The first-order valence-electron chi connectivity index (χ1n) is 8.40. The fraction of sp³-hybridized carbons (Fsp3) is 0.389. The summed E-state index contributed by atoms with van der Waals surface area (Å²) < 4.78 is 28.3. The van der Waals surface area contributed by atoms with Gasteiger partial charge in [-0.25, -0.2) is 13.6 Å². The second-order valence-corrected chi connectivity index (χ2v) is 9.42. The molecular weight excluding hydrogens is 372 g/mol. The zero-order valence-electron chi connectivity index (χ0n) is 14.5. The summed E-state index contributed by atoms with van der Waals surface area (Å²) >= 11 is 0.837. The van der Waals surface area contributed by atoms with Crippen LogP contribution < -0.4 is 15.2 Å². The lowest BCUT2D eigenvalue weighted by Gasteiger charge is -2.30.